The van der Waals surface area contributed by atoms with Crippen molar-refractivity contribution in [1.82, 2.24) is 9.97 Å². The highest BCUT2D eigenvalue weighted by Gasteiger charge is 2.07. The monoisotopic (exact) mass is 205 g/mol. The molecule has 3 N–H and O–H groups in total. The molecule has 1 aromatic heterocycles. The van der Waals surface area contributed by atoms with E-state index in [0.717, 1.165) is 0 Å². The summed E-state index contributed by atoms with van der Waals surface area (Å²) in [7, 11) is 0. The van der Waals surface area contributed by atoms with Crippen LogP contribution in [0.5, 0.6) is 0 Å². The number of aromatic nitrogens is 2. The summed E-state index contributed by atoms with van der Waals surface area (Å²) >= 11 is 0. The van der Waals surface area contributed by atoms with E-state index < -0.39 is 5.91 Å². The number of amides is 1. The van der Waals surface area contributed by atoms with Crippen LogP contribution in [0.1, 0.15) is 10.5 Å². The average Bonchev–Trinajstić information content (AvgIpc) is 2.66. The molecular formula is C10H8FN3O. The summed E-state index contributed by atoms with van der Waals surface area (Å²) in [6, 6.07) is 5.91. The highest BCUT2D eigenvalue weighted by Crippen LogP contribution is 2.16. The van der Waals surface area contributed by atoms with Crippen LogP contribution in [0.25, 0.3) is 11.4 Å². The van der Waals surface area contributed by atoms with E-state index in [1.165, 1.54) is 18.3 Å². The molecule has 2 aromatic rings. The first kappa shape index (κ1) is 9.39. The molecule has 15 heavy (non-hydrogen) atoms. The molecule has 0 unspecified atom stereocenters. The Kier molecular flexibility index (Phi) is 2.21. The number of H-pyrrole nitrogens is 1. The Hall–Kier alpha value is -2.17. The van der Waals surface area contributed by atoms with Gasteiger partial charge >= 0.3 is 0 Å². The molecule has 0 spiro atoms. The zero-order chi connectivity index (χ0) is 10.8. The predicted octanol–water partition coefficient (Wildman–Crippen LogP) is 1.31. The van der Waals surface area contributed by atoms with Crippen LogP contribution in [0.15, 0.2) is 30.5 Å². The molecule has 1 aromatic carbocycles. The molecule has 0 radical (unpaired) electrons. The number of primary amides is 1. The largest absolute Gasteiger partial charge is 0.364 e. The highest BCUT2D eigenvalue weighted by atomic mass is 19.1. The van der Waals surface area contributed by atoms with Crippen LogP contribution in [0.3, 0.4) is 0 Å². The summed E-state index contributed by atoms with van der Waals surface area (Å²) in [5.74, 6) is -0.530. The number of halogens is 1. The van der Waals surface area contributed by atoms with Gasteiger partial charge in [0.05, 0.1) is 6.20 Å². The Labute approximate surface area is 84.9 Å². The van der Waals surface area contributed by atoms with Crippen molar-refractivity contribution >= 4 is 5.91 Å². The van der Waals surface area contributed by atoms with E-state index in [-0.39, 0.29) is 11.5 Å². The van der Waals surface area contributed by atoms with Crippen LogP contribution in [0.2, 0.25) is 0 Å². The van der Waals surface area contributed by atoms with Crippen molar-refractivity contribution in [3.05, 3.63) is 42.0 Å². The summed E-state index contributed by atoms with van der Waals surface area (Å²) in [6.45, 7) is 0. The minimum Gasteiger partial charge on any atom is -0.364 e. The van der Waals surface area contributed by atoms with Gasteiger partial charge in [-0.1, -0.05) is 12.1 Å². The lowest BCUT2D eigenvalue weighted by molar-refractivity contribution is 0.0996. The molecule has 0 saturated carbocycles. The first-order valence-corrected chi connectivity index (χ1v) is 4.27. The maximum absolute atomic E-state index is 12.9. The van der Waals surface area contributed by atoms with Gasteiger partial charge in [-0.15, -0.1) is 0 Å². The van der Waals surface area contributed by atoms with Crippen molar-refractivity contribution in [2.75, 3.05) is 0 Å². The normalized spacial score (nSPS) is 10.2. The summed E-state index contributed by atoms with van der Waals surface area (Å²) in [5.41, 5.74) is 5.83. The molecule has 0 aliphatic heterocycles. The first-order chi connectivity index (χ1) is 7.16. The molecule has 1 amide bonds. The fourth-order valence-corrected chi connectivity index (χ4v) is 1.23. The van der Waals surface area contributed by atoms with Gasteiger partial charge in [0.25, 0.3) is 5.91 Å². The molecule has 2 rings (SSSR count). The minimum atomic E-state index is -0.592. The molecular weight excluding hydrogens is 197 g/mol. The zero-order valence-electron chi connectivity index (χ0n) is 7.70. The van der Waals surface area contributed by atoms with Crippen molar-refractivity contribution < 1.29 is 9.18 Å². The Bertz CT molecular complexity index is 507. The summed E-state index contributed by atoms with van der Waals surface area (Å²) in [4.78, 5) is 17.4. The van der Waals surface area contributed by atoms with Crippen molar-refractivity contribution in [2.24, 2.45) is 5.73 Å². The quantitative estimate of drug-likeness (QED) is 0.775. The van der Waals surface area contributed by atoms with E-state index in [2.05, 4.69) is 9.97 Å². The van der Waals surface area contributed by atoms with Crippen LogP contribution in [-0.4, -0.2) is 15.9 Å². The van der Waals surface area contributed by atoms with E-state index >= 15 is 0 Å². The van der Waals surface area contributed by atoms with Gasteiger partial charge in [0.1, 0.15) is 17.3 Å². The molecule has 0 aliphatic carbocycles. The van der Waals surface area contributed by atoms with E-state index in [1.54, 1.807) is 12.1 Å². The first-order valence-electron chi connectivity index (χ1n) is 4.27. The Morgan fingerprint density at radius 2 is 2.27 bits per heavy atom. The van der Waals surface area contributed by atoms with Gasteiger partial charge in [-0.3, -0.25) is 4.79 Å². The van der Waals surface area contributed by atoms with Crippen molar-refractivity contribution in [3.63, 3.8) is 0 Å². The standard InChI is InChI=1S/C10H8FN3O/c11-7-3-1-2-6(4-7)10-13-5-8(14-10)9(12)15/h1-5H,(H2,12,15)(H,13,14). The predicted molar refractivity (Wildman–Crippen MR) is 52.5 cm³/mol. The van der Waals surface area contributed by atoms with Crippen LogP contribution in [-0.2, 0) is 0 Å². The topological polar surface area (TPSA) is 71.8 Å². The lowest BCUT2D eigenvalue weighted by Gasteiger charge is -1.95. The second kappa shape index (κ2) is 3.53. The molecule has 4 nitrogen and oxygen atoms in total. The molecule has 0 bridgehead atoms. The van der Waals surface area contributed by atoms with E-state index in [4.69, 9.17) is 5.73 Å². The van der Waals surface area contributed by atoms with Crippen LogP contribution >= 0.6 is 0 Å². The molecule has 5 heteroatoms. The van der Waals surface area contributed by atoms with Crippen LogP contribution < -0.4 is 5.73 Å². The van der Waals surface area contributed by atoms with Gasteiger partial charge in [-0.25, -0.2) is 9.37 Å². The number of benzene rings is 1. The van der Waals surface area contributed by atoms with Crippen LogP contribution in [0.4, 0.5) is 4.39 Å². The van der Waals surface area contributed by atoms with Crippen molar-refractivity contribution in [1.29, 1.82) is 0 Å². The fraction of sp³-hybridized carbons (Fsp3) is 0. The van der Waals surface area contributed by atoms with E-state index in [0.29, 0.717) is 11.4 Å². The van der Waals surface area contributed by atoms with Gasteiger partial charge in [-0.2, -0.15) is 0 Å². The molecule has 0 saturated heterocycles. The number of hydrogen-bond acceptors (Lipinski definition) is 2. The number of nitrogens with two attached hydrogens (primary N) is 1. The van der Waals surface area contributed by atoms with Gasteiger partial charge in [0.2, 0.25) is 0 Å². The fourth-order valence-electron chi connectivity index (χ4n) is 1.23. The maximum atomic E-state index is 12.9. The summed E-state index contributed by atoms with van der Waals surface area (Å²) in [6.07, 6.45) is 1.32. The minimum absolute atomic E-state index is 0.203. The smallest absolute Gasteiger partial charge is 0.266 e. The Morgan fingerprint density at radius 3 is 2.87 bits per heavy atom. The van der Waals surface area contributed by atoms with E-state index in [9.17, 15) is 9.18 Å². The second-order valence-corrected chi connectivity index (χ2v) is 3.02. The molecule has 1 heterocycles. The Balaban J connectivity index is 2.41. The molecule has 0 aliphatic rings. The number of nitrogens with one attached hydrogen (secondary N) is 1. The van der Waals surface area contributed by atoms with Gasteiger partial charge < -0.3 is 10.7 Å². The number of nitrogens with zero attached hydrogens (tertiary/aromatic N) is 1. The molecule has 0 fully saturated rings. The van der Waals surface area contributed by atoms with Gasteiger partial charge in [0.15, 0.2) is 0 Å². The molecule has 76 valence electrons. The lowest BCUT2D eigenvalue weighted by Crippen LogP contribution is -2.10. The number of rotatable bonds is 2. The highest BCUT2D eigenvalue weighted by molar-refractivity contribution is 5.91. The third-order valence-electron chi connectivity index (χ3n) is 1.94. The average molecular weight is 205 g/mol. The maximum Gasteiger partial charge on any atom is 0.266 e. The van der Waals surface area contributed by atoms with Gasteiger partial charge in [-0.05, 0) is 12.1 Å². The number of carbonyl (C=O) groups is 1. The number of carbonyl (C=O) groups excluding carboxylic acids is 1. The van der Waals surface area contributed by atoms with Gasteiger partial charge in [0, 0.05) is 5.56 Å². The second-order valence-electron chi connectivity index (χ2n) is 3.02. The zero-order valence-corrected chi connectivity index (χ0v) is 7.70. The number of aromatic amines is 1. The van der Waals surface area contributed by atoms with Crippen LogP contribution in [0, 0.1) is 5.82 Å². The van der Waals surface area contributed by atoms with Crippen molar-refractivity contribution in [2.45, 2.75) is 0 Å². The number of hydrogen-bond donors (Lipinski definition) is 2. The third kappa shape index (κ3) is 1.85. The summed E-state index contributed by atoms with van der Waals surface area (Å²) in [5, 5.41) is 0. The summed E-state index contributed by atoms with van der Waals surface area (Å²) < 4.78 is 12.9. The number of imidazole rings is 1. The SMILES string of the molecule is NC(=O)c1cnc(-c2cccc(F)c2)[nH]1. The molecule has 0 atom stereocenters. The Morgan fingerprint density at radius 1 is 1.47 bits per heavy atom. The van der Waals surface area contributed by atoms with Crippen molar-refractivity contribution in [3.8, 4) is 11.4 Å². The van der Waals surface area contributed by atoms with E-state index in [1.807, 2.05) is 0 Å². The third-order valence-corrected chi connectivity index (χ3v) is 1.94. The lowest BCUT2D eigenvalue weighted by atomic mass is 10.2.